The minimum atomic E-state index is 0.240. The van der Waals surface area contributed by atoms with Crippen molar-refractivity contribution in [2.24, 2.45) is 11.8 Å². The average Bonchev–Trinajstić information content (AvgIpc) is 3.27. The molecule has 0 atom stereocenters. The highest BCUT2D eigenvalue weighted by atomic mass is 14.7. The third-order valence-electron chi connectivity index (χ3n) is 7.56. The molecular formula is C31H48N2. The molecule has 2 heterocycles. The second-order valence-corrected chi connectivity index (χ2v) is 12.6. The lowest BCUT2D eigenvalue weighted by Gasteiger charge is -2.23. The topological polar surface area (TPSA) is 25.8 Å². The molecule has 4 rings (SSSR count). The van der Waals surface area contributed by atoms with Crippen molar-refractivity contribution in [3.63, 3.8) is 0 Å². The molecule has 33 heavy (non-hydrogen) atoms. The molecule has 2 nitrogen and oxygen atoms in total. The molecule has 0 radical (unpaired) electrons. The number of rotatable bonds is 4. The van der Waals surface area contributed by atoms with Gasteiger partial charge >= 0.3 is 0 Å². The number of pyridine rings is 2. The van der Waals surface area contributed by atoms with E-state index in [0.717, 1.165) is 11.8 Å². The zero-order valence-electron chi connectivity index (χ0n) is 22.3. The van der Waals surface area contributed by atoms with Gasteiger partial charge in [0.1, 0.15) is 0 Å². The molecule has 0 saturated heterocycles. The van der Waals surface area contributed by atoms with Crippen LogP contribution in [0.25, 0.3) is 0 Å². The summed E-state index contributed by atoms with van der Waals surface area (Å²) < 4.78 is 0. The van der Waals surface area contributed by atoms with E-state index in [0.29, 0.717) is 0 Å². The Bertz CT molecular complexity index is 844. The summed E-state index contributed by atoms with van der Waals surface area (Å²) in [6.07, 6.45) is 19.1. The minimum absolute atomic E-state index is 0.240. The Morgan fingerprint density at radius 1 is 0.606 bits per heavy atom. The fourth-order valence-corrected chi connectivity index (χ4v) is 5.31. The van der Waals surface area contributed by atoms with Crippen molar-refractivity contribution in [3.8, 4) is 0 Å². The van der Waals surface area contributed by atoms with Crippen LogP contribution in [-0.4, -0.2) is 9.97 Å². The highest BCUT2D eigenvalue weighted by Gasteiger charge is 2.19. The smallest absolute Gasteiger partial charge is 0.0409 e. The van der Waals surface area contributed by atoms with Gasteiger partial charge < -0.3 is 0 Å². The maximum atomic E-state index is 4.55. The van der Waals surface area contributed by atoms with E-state index in [1.165, 1.54) is 93.1 Å². The van der Waals surface area contributed by atoms with Crippen LogP contribution in [0.5, 0.6) is 0 Å². The average molecular weight is 449 g/mol. The van der Waals surface area contributed by atoms with E-state index in [9.17, 15) is 0 Å². The summed E-state index contributed by atoms with van der Waals surface area (Å²) in [5.74, 6) is 1.77. The first-order valence-electron chi connectivity index (χ1n) is 13.5. The normalized spacial score (nSPS) is 18.1. The molecule has 0 spiro atoms. The van der Waals surface area contributed by atoms with Crippen molar-refractivity contribution in [2.45, 2.75) is 123 Å². The predicted molar refractivity (Wildman–Crippen MR) is 142 cm³/mol. The van der Waals surface area contributed by atoms with Crippen LogP contribution in [0.4, 0.5) is 0 Å². The fourth-order valence-electron chi connectivity index (χ4n) is 5.31. The fraction of sp³-hybridized carbons (Fsp3) is 0.677. The Morgan fingerprint density at radius 2 is 0.970 bits per heavy atom. The van der Waals surface area contributed by atoms with Crippen LogP contribution in [-0.2, 0) is 23.7 Å². The van der Waals surface area contributed by atoms with Gasteiger partial charge in [-0.05, 0) is 70.9 Å². The molecule has 0 unspecified atom stereocenters. The van der Waals surface area contributed by atoms with Crippen molar-refractivity contribution < 1.29 is 0 Å². The molecule has 0 aromatic carbocycles. The first kappa shape index (κ1) is 25.9. The monoisotopic (exact) mass is 448 g/mol. The van der Waals surface area contributed by atoms with Gasteiger partial charge in [0, 0.05) is 23.8 Å². The Hall–Kier alpha value is -1.70. The summed E-state index contributed by atoms with van der Waals surface area (Å²) >= 11 is 0. The van der Waals surface area contributed by atoms with Crippen LogP contribution in [0.2, 0.25) is 0 Å². The Balaban J connectivity index is 0.000000186. The zero-order chi connectivity index (χ0) is 23.9. The Labute approximate surface area is 204 Å². The number of aromatic nitrogens is 2. The van der Waals surface area contributed by atoms with E-state index in [1.807, 2.05) is 12.4 Å². The Kier molecular flexibility index (Phi) is 9.13. The second-order valence-electron chi connectivity index (χ2n) is 12.6. The van der Waals surface area contributed by atoms with Crippen molar-refractivity contribution in [3.05, 3.63) is 59.2 Å². The molecule has 2 aliphatic rings. The molecule has 182 valence electrons. The molecule has 0 bridgehead atoms. The van der Waals surface area contributed by atoms with Crippen LogP contribution in [0, 0.1) is 11.8 Å². The third-order valence-corrected chi connectivity index (χ3v) is 7.56. The van der Waals surface area contributed by atoms with Gasteiger partial charge in [-0.1, -0.05) is 99.3 Å². The molecule has 2 aliphatic carbocycles. The van der Waals surface area contributed by atoms with Gasteiger partial charge in [0.25, 0.3) is 0 Å². The van der Waals surface area contributed by atoms with E-state index in [2.05, 4.69) is 75.8 Å². The van der Waals surface area contributed by atoms with Gasteiger partial charge in [-0.2, -0.15) is 0 Å². The molecule has 0 aliphatic heterocycles. The van der Waals surface area contributed by atoms with Gasteiger partial charge in [-0.3, -0.25) is 9.97 Å². The van der Waals surface area contributed by atoms with Crippen LogP contribution >= 0.6 is 0 Å². The van der Waals surface area contributed by atoms with Crippen LogP contribution in [0.15, 0.2) is 36.7 Å². The SMILES string of the molecule is CC(C)(C)c1ccnc(CC2CCCC2)c1.CC(C)(C)c1ccnc(CC2CCCCC2)c1. The van der Waals surface area contributed by atoms with Crippen LogP contribution in [0.3, 0.4) is 0 Å². The van der Waals surface area contributed by atoms with Crippen LogP contribution < -0.4 is 0 Å². The maximum absolute atomic E-state index is 4.55. The van der Waals surface area contributed by atoms with Gasteiger partial charge in [0.15, 0.2) is 0 Å². The van der Waals surface area contributed by atoms with Crippen molar-refractivity contribution in [1.82, 2.24) is 9.97 Å². The summed E-state index contributed by atoms with van der Waals surface area (Å²) in [4.78, 5) is 9.06. The molecule has 2 fully saturated rings. The maximum Gasteiger partial charge on any atom is 0.0409 e. The lowest BCUT2D eigenvalue weighted by molar-refractivity contribution is 0.354. The van der Waals surface area contributed by atoms with Gasteiger partial charge in [-0.15, -0.1) is 0 Å². The summed E-state index contributed by atoms with van der Waals surface area (Å²) in [6.45, 7) is 13.6. The quantitative estimate of drug-likeness (QED) is 0.468. The molecule has 0 amide bonds. The first-order valence-corrected chi connectivity index (χ1v) is 13.5. The standard InChI is InChI=1S/C16H25N.C15H23N/c1-16(2,3)14-9-10-17-15(12-14)11-13-7-5-4-6-8-13;1-15(2,3)13-8-9-16-14(11-13)10-12-6-4-5-7-12/h9-10,12-13H,4-8,11H2,1-3H3;8-9,11-12H,4-7,10H2,1-3H3. The first-order chi connectivity index (χ1) is 15.6. The third kappa shape index (κ3) is 8.54. The van der Waals surface area contributed by atoms with E-state index in [1.54, 1.807) is 0 Å². The molecule has 2 aromatic heterocycles. The largest absolute Gasteiger partial charge is 0.261 e. The van der Waals surface area contributed by atoms with Crippen molar-refractivity contribution >= 4 is 0 Å². The second kappa shape index (κ2) is 11.6. The van der Waals surface area contributed by atoms with Gasteiger partial charge in [0.05, 0.1) is 0 Å². The lowest BCUT2D eigenvalue weighted by Crippen LogP contribution is -2.14. The van der Waals surface area contributed by atoms with Crippen LogP contribution in [0.1, 0.15) is 122 Å². The predicted octanol–water partition coefficient (Wildman–Crippen LogP) is 8.61. The highest BCUT2D eigenvalue weighted by molar-refractivity contribution is 5.24. The number of hydrogen-bond acceptors (Lipinski definition) is 2. The summed E-state index contributed by atoms with van der Waals surface area (Å²) in [6, 6.07) is 8.93. The molecule has 2 aromatic rings. The minimum Gasteiger partial charge on any atom is -0.261 e. The Morgan fingerprint density at radius 3 is 1.33 bits per heavy atom. The summed E-state index contributed by atoms with van der Waals surface area (Å²) in [5, 5.41) is 0. The van der Waals surface area contributed by atoms with Crippen molar-refractivity contribution in [1.29, 1.82) is 0 Å². The lowest BCUT2D eigenvalue weighted by atomic mass is 9.84. The van der Waals surface area contributed by atoms with Gasteiger partial charge in [0.2, 0.25) is 0 Å². The van der Waals surface area contributed by atoms with Gasteiger partial charge in [-0.25, -0.2) is 0 Å². The number of hydrogen-bond donors (Lipinski definition) is 0. The summed E-state index contributed by atoms with van der Waals surface area (Å²) in [7, 11) is 0. The number of nitrogens with zero attached hydrogens (tertiary/aromatic N) is 2. The van der Waals surface area contributed by atoms with E-state index < -0.39 is 0 Å². The van der Waals surface area contributed by atoms with E-state index in [4.69, 9.17) is 0 Å². The zero-order valence-corrected chi connectivity index (χ0v) is 22.3. The molecular weight excluding hydrogens is 400 g/mol. The summed E-state index contributed by atoms with van der Waals surface area (Å²) in [5.41, 5.74) is 5.90. The molecule has 0 N–H and O–H groups in total. The van der Waals surface area contributed by atoms with E-state index in [-0.39, 0.29) is 10.8 Å². The van der Waals surface area contributed by atoms with E-state index >= 15 is 0 Å². The highest BCUT2D eigenvalue weighted by Crippen LogP contribution is 2.30. The molecule has 2 heteroatoms. The molecule has 2 saturated carbocycles. The van der Waals surface area contributed by atoms with Crippen molar-refractivity contribution in [2.75, 3.05) is 0 Å².